The van der Waals surface area contributed by atoms with E-state index in [2.05, 4.69) is 11.1 Å². The molecule has 138 valence electrons. The summed E-state index contributed by atoms with van der Waals surface area (Å²) in [6, 6.07) is 11.0. The minimum absolute atomic E-state index is 0.107. The third-order valence-electron chi connectivity index (χ3n) is 5.09. The molecule has 0 aliphatic carbocycles. The Labute approximate surface area is 156 Å². The monoisotopic (exact) mass is 366 g/mol. The first-order valence-electron chi connectivity index (χ1n) is 9.08. The molecule has 0 unspecified atom stereocenters. The van der Waals surface area contributed by atoms with Crippen LogP contribution < -0.4 is 0 Å². The average Bonchev–Trinajstić information content (AvgIpc) is 3.10. The van der Waals surface area contributed by atoms with E-state index in [-0.39, 0.29) is 17.5 Å². The molecule has 2 aromatic carbocycles. The Hall–Kier alpha value is -2.95. The van der Waals surface area contributed by atoms with Gasteiger partial charge in [0.25, 0.3) is 0 Å². The molecule has 0 saturated heterocycles. The van der Waals surface area contributed by atoms with E-state index in [9.17, 15) is 13.6 Å². The maximum absolute atomic E-state index is 13.3. The molecule has 1 aromatic heterocycles. The zero-order valence-electron chi connectivity index (χ0n) is 14.8. The van der Waals surface area contributed by atoms with Gasteiger partial charge in [-0.05, 0) is 54.3 Å². The Balaban J connectivity index is 1.40. The summed E-state index contributed by atoms with van der Waals surface area (Å²) in [5, 5.41) is 0.999. The topological polar surface area (TPSA) is 36.1 Å². The van der Waals surface area contributed by atoms with Crippen molar-refractivity contribution in [1.29, 1.82) is 0 Å². The highest BCUT2D eigenvalue weighted by molar-refractivity contribution is 5.93. The summed E-state index contributed by atoms with van der Waals surface area (Å²) in [5.41, 5.74) is 3.99. The van der Waals surface area contributed by atoms with Crippen molar-refractivity contribution in [2.75, 3.05) is 13.1 Å². The Morgan fingerprint density at radius 2 is 1.85 bits per heavy atom. The average molecular weight is 366 g/mol. The number of nitrogens with zero attached hydrogens (tertiary/aromatic N) is 1. The molecule has 4 rings (SSSR count). The normalized spacial score (nSPS) is 14.4. The van der Waals surface area contributed by atoms with Crippen molar-refractivity contribution < 1.29 is 13.6 Å². The van der Waals surface area contributed by atoms with E-state index in [1.54, 1.807) is 18.2 Å². The summed E-state index contributed by atoms with van der Waals surface area (Å²) in [6.45, 7) is 1.24. The minimum atomic E-state index is -0.265. The number of aromatic nitrogens is 1. The van der Waals surface area contributed by atoms with Crippen LogP contribution in [0.4, 0.5) is 8.78 Å². The quantitative estimate of drug-likeness (QED) is 0.714. The highest BCUT2D eigenvalue weighted by Crippen LogP contribution is 2.29. The molecule has 3 nitrogen and oxygen atoms in total. The van der Waals surface area contributed by atoms with Gasteiger partial charge >= 0.3 is 0 Å². The Kier molecular flexibility index (Phi) is 4.75. The molecule has 1 N–H and O–H groups in total. The zero-order chi connectivity index (χ0) is 18.8. The second kappa shape index (κ2) is 7.35. The van der Waals surface area contributed by atoms with E-state index in [0.717, 1.165) is 28.5 Å². The van der Waals surface area contributed by atoms with Crippen molar-refractivity contribution in [1.82, 2.24) is 9.88 Å². The van der Waals surface area contributed by atoms with Gasteiger partial charge in [0.1, 0.15) is 11.6 Å². The molecule has 0 spiro atoms. The fourth-order valence-electron chi connectivity index (χ4n) is 3.56. The van der Waals surface area contributed by atoms with Crippen LogP contribution >= 0.6 is 0 Å². The Morgan fingerprint density at radius 1 is 1.07 bits per heavy atom. The second-order valence-corrected chi connectivity index (χ2v) is 6.84. The number of hydrogen-bond acceptors (Lipinski definition) is 1. The summed E-state index contributed by atoms with van der Waals surface area (Å²) in [4.78, 5) is 17.4. The zero-order valence-corrected chi connectivity index (χ0v) is 14.8. The molecule has 0 fully saturated rings. The van der Waals surface area contributed by atoms with Crippen molar-refractivity contribution >= 4 is 22.4 Å². The lowest BCUT2D eigenvalue weighted by atomic mass is 9.98. The van der Waals surface area contributed by atoms with E-state index in [4.69, 9.17) is 0 Å². The Bertz CT molecular complexity index is 1000. The van der Waals surface area contributed by atoms with Crippen LogP contribution in [-0.2, 0) is 11.2 Å². The first-order valence-corrected chi connectivity index (χ1v) is 9.08. The van der Waals surface area contributed by atoms with Gasteiger partial charge in [0, 0.05) is 42.2 Å². The van der Waals surface area contributed by atoms with Crippen molar-refractivity contribution in [3.63, 3.8) is 0 Å². The lowest BCUT2D eigenvalue weighted by Gasteiger charge is -2.26. The summed E-state index contributed by atoms with van der Waals surface area (Å²) in [5.74, 6) is -0.416. The maximum atomic E-state index is 13.3. The Morgan fingerprint density at radius 3 is 2.59 bits per heavy atom. The van der Waals surface area contributed by atoms with Gasteiger partial charge < -0.3 is 9.88 Å². The van der Waals surface area contributed by atoms with E-state index >= 15 is 0 Å². The van der Waals surface area contributed by atoms with Gasteiger partial charge in [-0.3, -0.25) is 4.79 Å². The predicted octanol–water partition coefficient (Wildman–Crippen LogP) is 4.69. The SMILES string of the molecule is O=C(CCc1ccc(F)cc1)N1CC=C(c2c[nH]c3cc(F)ccc23)CC1. The number of rotatable bonds is 4. The van der Waals surface area contributed by atoms with Crippen LogP contribution in [0.25, 0.3) is 16.5 Å². The van der Waals surface area contributed by atoms with Crippen LogP contribution in [0.1, 0.15) is 24.0 Å². The molecule has 2 heterocycles. The van der Waals surface area contributed by atoms with Crippen LogP contribution in [-0.4, -0.2) is 28.9 Å². The molecular formula is C22H20F2N2O. The van der Waals surface area contributed by atoms with Crippen molar-refractivity contribution in [2.24, 2.45) is 0 Å². The molecule has 3 aromatic rings. The number of hydrogen-bond donors (Lipinski definition) is 1. The van der Waals surface area contributed by atoms with E-state index in [0.29, 0.717) is 25.9 Å². The molecule has 5 heteroatoms. The number of carbonyl (C=O) groups excluding carboxylic acids is 1. The van der Waals surface area contributed by atoms with Gasteiger partial charge in [0.2, 0.25) is 5.91 Å². The summed E-state index contributed by atoms with van der Waals surface area (Å²) >= 11 is 0. The van der Waals surface area contributed by atoms with Gasteiger partial charge in [-0.1, -0.05) is 18.2 Å². The van der Waals surface area contributed by atoms with Gasteiger partial charge in [-0.2, -0.15) is 0 Å². The number of amides is 1. The smallest absolute Gasteiger partial charge is 0.223 e. The number of aryl methyl sites for hydroxylation is 1. The highest BCUT2D eigenvalue weighted by Gasteiger charge is 2.19. The fourth-order valence-corrected chi connectivity index (χ4v) is 3.56. The van der Waals surface area contributed by atoms with Gasteiger partial charge in [0.15, 0.2) is 0 Å². The molecule has 0 saturated carbocycles. The largest absolute Gasteiger partial charge is 0.360 e. The predicted molar refractivity (Wildman–Crippen MR) is 102 cm³/mol. The van der Waals surface area contributed by atoms with Crippen LogP contribution in [0.15, 0.2) is 54.7 Å². The standard InChI is InChI=1S/C22H20F2N2O/c23-17-4-1-15(2-5-17)3-8-22(27)26-11-9-16(10-12-26)20-14-25-21-13-18(24)6-7-19(20)21/h1-2,4-7,9,13-14,25H,3,8,10-12H2. The summed E-state index contributed by atoms with van der Waals surface area (Å²) < 4.78 is 26.3. The molecule has 1 aliphatic rings. The van der Waals surface area contributed by atoms with Crippen LogP contribution in [0.3, 0.4) is 0 Å². The minimum Gasteiger partial charge on any atom is -0.360 e. The number of nitrogens with one attached hydrogen (secondary N) is 1. The first-order chi connectivity index (χ1) is 13.1. The third kappa shape index (κ3) is 3.77. The molecule has 27 heavy (non-hydrogen) atoms. The van der Waals surface area contributed by atoms with E-state index in [1.807, 2.05) is 11.1 Å². The number of carbonyl (C=O) groups is 1. The summed E-state index contributed by atoms with van der Waals surface area (Å²) in [6.07, 6.45) is 5.78. The molecule has 1 aliphatic heterocycles. The van der Waals surface area contributed by atoms with Gasteiger partial charge in [0.05, 0.1) is 0 Å². The molecular weight excluding hydrogens is 346 g/mol. The lowest BCUT2D eigenvalue weighted by Crippen LogP contribution is -2.34. The highest BCUT2D eigenvalue weighted by atomic mass is 19.1. The van der Waals surface area contributed by atoms with Crippen molar-refractivity contribution in [3.8, 4) is 0 Å². The molecule has 0 atom stereocenters. The van der Waals surface area contributed by atoms with Crippen LogP contribution in [0.5, 0.6) is 0 Å². The van der Waals surface area contributed by atoms with Crippen molar-refractivity contribution in [3.05, 3.63) is 77.5 Å². The third-order valence-corrected chi connectivity index (χ3v) is 5.09. The number of benzene rings is 2. The van der Waals surface area contributed by atoms with Gasteiger partial charge in [-0.15, -0.1) is 0 Å². The van der Waals surface area contributed by atoms with E-state index < -0.39 is 0 Å². The van der Waals surface area contributed by atoms with E-state index in [1.165, 1.54) is 29.8 Å². The molecule has 0 bridgehead atoms. The van der Waals surface area contributed by atoms with Gasteiger partial charge in [-0.25, -0.2) is 8.78 Å². The number of H-pyrrole nitrogens is 1. The first kappa shape index (κ1) is 17.5. The van der Waals surface area contributed by atoms with Crippen molar-refractivity contribution in [2.45, 2.75) is 19.3 Å². The number of halogens is 2. The lowest BCUT2D eigenvalue weighted by molar-refractivity contribution is -0.130. The van der Waals surface area contributed by atoms with Crippen LogP contribution in [0.2, 0.25) is 0 Å². The maximum Gasteiger partial charge on any atom is 0.223 e. The fraction of sp³-hybridized carbons (Fsp3) is 0.227. The van der Waals surface area contributed by atoms with Crippen LogP contribution in [0, 0.1) is 11.6 Å². The number of fused-ring (bicyclic) bond motifs is 1. The molecule has 1 amide bonds. The number of aromatic amines is 1. The molecule has 0 radical (unpaired) electrons. The second-order valence-electron chi connectivity index (χ2n) is 6.84. The summed E-state index contributed by atoms with van der Waals surface area (Å²) in [7, 11) is 0.